The van der Waals surface area contributed by atoms with Gasteiger partial charge in [0.15, 0.2) is 18.7 Å². The lowest BCUT2D eigenvalue weighted by atomic mass is 9.98. The van der Waals surface area contributed by atoms with Crippen LogP contribution in [0.25, 0.3) is 0 Å². The van der Waals surface area contributed by atoms with Gasteiger partial charge in [-0.1, -0.05) is 136 Å². The maximum Gasteiger partial charge on any atom is 0.306 e. The first-order valence-electron chi connectivity index (χ1n) is 22.1. The van der Waals surface area contributed by atoms with E-state index in [1.165, 1.54) is 77.0 Å². The molecule has 2 fully saturated rings. The number of carbonyl (C=O) groups is 2. The highest BCUT2D eigenvalue weighted by molar-refractivity contribution is 5.70. The molecule has 0 bridgehead atoms. The van der Waals surface area contributed by atoms with Crippen molar-refractivity contribution in [3.63, 3.8) is 0 Å². The Kier molecular flexibility index (Phi) is 28.4. The van der Waals surface area contributed by atoms with E-state index in [1.807, 2.05) is 0 Å². The van der Waals surface area contributed by atoms with Crippen LogP contribution in [-0.4, -0.2) is 142 Å². The zero-order chi connectivity index (χ0) is 41.8. The maximum absolute atomic E-state index is 12.9. The molecule has 2 saturated heterocycles. The molecule has 2 rings (SSSR count). The van der Waals surface area contributed by atoms with Crippen LogP contribution >= 0.6 is 0 Å². The minimum Gasteiger partial charge on any atom is -0.462 e. The minimum absolute atomic E-state index is 0.172. The molecule has 2 aliphatic heterocycles. The lowest BCUT2D eigenvalue weighted by molar-refractivity contribution is -0.332. The van der Waals surface area contributed by atoms with Crippen molar-refractivity contribution in [2.75, 3.05) is 26.4 Å². The molecular weight excluding hydrogens is 744 g/mol. The number of carbonyl (C=O) groups excluding carboxylic acids is 2. The van der Waals surface area contributed by atoms with Crippen molar-refractivity contribution in [1.29, 1.82) is 0 Å². The Morgan fingerprint density at radius 2 is 0.895 bits per heavy atom. The molecule has 2 heterocycles. The van der Waals surface area contributed by atoms with Gasteiger partial charge in [-0.25, -0.2) is 0 Å². The molecule has 0 aromatic rings. The summed E-state index contributed by atoms with van der Waals surface area (Å²) >= 11 is 0. The van der Waals surface area contributed by atoms with Gasteiger partial charge in [0.25, 0.3) is 0 Å². The molecule has 0 aliphatic carbocycles. The van der Waals surface area contributed by atoms with Gasteiger partial charge in [0.1, 0.15) is 55.4 Å². The second kappa shape index (κ2) is 31.4. The van der Waals surface area contributed by atoms with E-state index in [4.69, 9.17) is 28.4 Å². The summed E-state index contributed by atoms with van der Waals surface area (Å²) in [6, 6.07) is 0. The molecule has 0 spiro atoms. The summed E-state index contributed by atoms with van der Waals surface area (Å²) in [6.07, 6.45) is 7.47. The number of hydrogen-bond donors (Lipinski definition) is 7. The molecule has 15 nitrogen and oxygen atoms in total. The maximum atomic E-state index is 12.9. The zero-order valence-corrected chi connectivity index (χ0v) is 34.8. The summed E-state index contributed by atoms with van der Waals surface area (Å²) in [7, 11) is 0. The number of esters is 2. The summed E-state index contributed by atoms with van der Waals surface area (Å²) in [5, 5.41) is 71.7. The molecule has 0 aromatic carbocycles. The SMILES string of the molecule is CCCCCCCCCCCCCCCCC(=O)O[C@H](COC(=O)CCCCCCCCC)CO[C@@H]1O[C@H](CO[C@H]2O[C@H](CO)[C@H](O)[C@H](O)[C@H]2O)[C@H](O)[C@H](O)[C@H]1O. The van der Waals surface area contributed by atoms with Gasteiger partial charge in [0, 0.05) is 12.8 Å². The average Bonchev–Trinajstić information content (AvgIpc) is 3.20. The van der Waals surface area contributed by atoms with Gasteiger partial charge in [-0.15, -0.1) is 0 Å². The van der Waals surface area contributed by atoms with Crippen molar-refractivity contribution in [3.05, 3.63) is 0 Å². The Morgan fingerprint density at radius 3 is 1.37 bits per heavy atom. The minimum atomic E-state index is -1.76. The molecule has 0 saturated carbocycles. The second-order valence-corrected chi connectivity index (χ2v) is 15.9. The van der Waals surface area contributed by atoms with Crippen LogP contribution in [0, 0.1) is 0 Å². The quantitative estimate of drug-likeness (QED) is 0.0365. The zero-order valence-electron chi connectivity index (χ0n) is 34.8. The topological polar surface area (TPSA) is 231 Å². The van der Waals surface area contributed by atoms with Crippen molar-refractivity contribution in [3.8, 4) is 0 Å². The largest absolute Gasteiger partial charge is 0.462 e. The summed E-state index contributed by atoms with van der Waals surface area (Å²) in [5.41, 5.74) is 0. The Morgan fingerprint density at radius 1 is 0.491 bits per heavy atom. The number of aliphatic hydroxyl groups excluding tert-OH is 7. The molecule has 15 heteroatoms. The fraction of sp³-hybridized carbons (Fsp3) is 0.952. The molecule has 2 aliphatic rings. The van der Waals surface area contributed by atoms with E-state index in [1.54, 1.807) is 0 Å². The highest BCUT2D eigenvalue weighted by Gasteiger charge is 2.47. The predicted molar refractivity (Wildman–Crippen MR) is 211 cm³/mol. The van der Waals surface area contributed by atoms with Crippen molar-refractivity contribution >= 4 is 11.9 Å². The van der Waals surface area contributed by atoms with Crippen LogP contribution in [0.15, 0.2) is 0 Å². The normalized spacial score (nSPS) is 28.3. The van der Waals surface area contributed by atoms with Crippen LogP contribution in [-0.2, 0) is 38.0 Å². The van der Waals surface area contributed by atoms with Gasteiger partial charge in [-0.05, 0) is 12.8 Å². The Labute approximate surface area is 340 Å². The number of aliphatic hydroxyl groups is 7. The van der Waals surface area contributed by atoms with Crippen molar-refractivity contribution in [1.82, 2.24) is 0 Å². The summed E-state index contributed by atoms with van der Waals surface area (Å²) < 4.78 is 33.3. The van der Waals surface area contributed by atoms with Crippen LogP contribution in [0.5, 0.6) is 0 Å². The van der Waals surface area contributed by atoms with E-state index in [9.17, 15) is 45.3 Å². The van der Waals surface area contributed by atoms with E-state index < -0.39 is 92.7 Å². The molecule has 336 valence electrons. The van der Waals surface area contributed by atoms with Crippen molar-refractivity contribution in [2.45, 2.75) is 229 Å². The van der Waals surface area contributed by atoms with Crippen LogP contribution in [0.1, 0.15) is 162 Å². The molecule has 11 atom stereocenters. The standard InChI is InChI=1S/C42H78O15/c1-3-5-7-9-11-12-13-14-15-16-17-19-21-23-25-34(45)55-30(27-52-33(44)24-22-20-18-10-8-6-4-2)28-53-41-40(51)38(49)36(47)32(57-41)29-54-42-39(50)37(48)35(46)31(26-43)56-42/h30-32,35-43,46-51H,3-29H2,1-2H3/t30-,31-,32-,35+,36+,37+,38+,39-,40-,41-,42+/m1/s1. The van der Waals surface area contributed by atoms with Crippen LogP contribution < -0.4 is 0 Å². The van der Waals surface area contributed by atoms with Crippen LogP contribution in [0.2, 0.25) is 0 Å². The molecule has 0 aromatic heterocycles. The van der Waals surface area contributed by atoms with E-state index in [2.05, 4.69) is 13.8 Å². The molecule has 57 heavy (non-hydrogen) atoms. The predicted octanol–water partition coefficient (Wildman–Crippen LogP) is 4.09. The molecule has 0 amide bonds. The molecular formula is C42H78O15. The summed E-state index contributed by atoms with van der Waals surface area (Å²) in [4.78, 5) is 25.4. The fourth-order valence-corrected chi connectivity index (χ4v) is 7.10. The van der Waals surface area contributed by atoms with Gasteiger partial charge in [0.2, 0.25) is 0 Å². The number of hydrogen-bond acceptors (Lipinski definition) is 15. The molecule has 0 unspecified atom stereocenters. The lowest BCUT2D eigenvalue weighted by Crippen LogP contribution is -2.61. The third-order valence-electron chi connectivity index (χ3n) is 10.8. The van der Waals surface area contributed by atoms with Gasteiger partial charge in [-0.3, -0.25) is 9.59 Å². The summed E-state index contributed by atoms with van der Waals surface area (Å²) in [6.45, 7) is 2.53. The third-order valence-corrected chi connectivity index (χ3v) is 10.8. The highest BCUT2D eigenvalue weighted by Crippen LogP contribution is 2.26. The van der Waals surface area contributed by atoms with Gasteiger partial charge in [-0.2, -0.15) is 0 Å². The van der Waals surface area contributed by atoms with E-state index in [0.29, 0.717) is 12.8 Å². The Hall–Kier alpha value is -1.50. The van der Waals surface area contributed by atoms with Crippen LogP contribution in [0.3, 0.4) is 0 Å². The number of unbranched alkanes of at least 4 members (excludes halogenated alkanes) is 19. The smallest absolute Gasteiger partial charge is 0.306 e. The van der Waals surface area contributed by atoms with Crippen molar-refractivity contribution < 1.29 is 73.8 Å². The van der Waals surface area contributed by atoms with Crippen LogP contribution in [0.4, 0.5) is 0 Å². The Bertz CT molecular complexity index is 1020. The third kappa shape index (κ3) is 21.0. The monoisotopic (exact) mass is 823 g/mol. The first-order chi connectivity index (χ1) is 27.5. The highest BCUT2D eigenvalue weighted by atomic mass is 16.7. The molecule has 7 N–H and O–H groups in total. The second-order valence-electron chi connectivity index (χ2n) is 15.9. The summed E-state index contributed by atoms with van der Waals surface area (Å²) in [5.74, 6) is -0.925. The van der Waals surface area contributed by atoms with E-state index in [0.717, 1.165) is 44.9 Å². The van der Waals surface area contributed by atoms with E-state index in [-0.39, 0.29) is 26.1 Å². The Balaban J connectivity index is 1.85. The van der Waals surface area contributed by atoms with Gasteiger partial charge < -0.3 is 64.2 Å². The lowest BCUT2D eigenvalue weighted by Gasteiger charge is -2.42. The number of rotatable bonds is 33. The fourth-order valence-electron chi connectivity index (χ4n) is 7.10. The van der Waals surface area contributed by atoms with Crippen molar-refractivity contribution in [2.24, 2.45) is 0 Å². The van der Waals surface area contributed by atoms with Gasteiger partial charge in [0.05, 0.1) is 19.8 Å². The first-order valence-corrected chi connectivity index (χ1v) is 22.1. The average molecular weight is 823 g/mol. The first kappa shape index (κ1) is 51.6. The van der Waals surface area contributed by atoms with Gasteiger partial charge >= 0.3 is 11.9 Å². The van der Waals surface area contributed by atoms with E-state index >= 15 is 0 Å². The molecule has 0 radical (unpaired) electrons. The number of ether oxygens (including phenoxy) is 6.